The van der Waals surface area contributed by atoms with E-state index in [0.29, 0.717) is 23.7 Å². The van der Waals surface area contributed by atoms with E-state index in [9.17, 15) is 4.79 Å². The van der Waals surface area contributed by atoms with Gasteiger partial charge in [-0.3, -0.25) is 0 Å². The maximum Gasteiger partial charge on any atom is 0.340 e. The summed E-state index contributed by atoms with van der Waals surface area (Å²) in [4.78, 5) is 18.0. The number of ether oxygens (including phenoxy) is 1. The minimum atomic E-state index is -0.390. The molecule has 0 bridgehead atoms. The SMILES string of the molecule is CCOC(=O)c1ccnc(N(C)CC2CC2)c1N. The molecule has 1 aromatic rings. The monoisotopic (exact) mass is 249 g/mol. The fraction of sp³-hybridized carbons (Fsp3) is 0.538. The number of hydrogen-bond donors (Lipinski definition) is 1. The predicted octanol–water partition coefficient (Wildman–Crippen LogP) is 1.69. The van der Waals surface area contributed by atoms with Gasteiger partial charge in [-0.2, -0.15) is 0 Å². The first kappa shape index (κ1) is 12.7. The number of hydrogen-bond acceptors (Lipinski definition) is 5. The molecule has 1 saturated carbocycles. The van der Waals surface area contributed by atoms with Crippen molar-refractivity contribution in [3.63, 3.8) is 0 Å². The minimum Gasteiger partial charge on any atom is -0.462 e. The van der Waals surface area contributed by atoms with Gasteiger partial charge in [-0.05, 0) is 31.7 Å². The van der Waals surface area contributed by atoms with E-state index >= 15 is 0 Å². The lowest BCUT2D eigenvalue weighted by Crippen LogP contribution is -2.23. The number of carbonyl (C=O) groups is 1. The Balaban J connectivity index is 2.19. The second-order valence-electron chi connectivity index (χ2n) is 4.64. The number of nitrogen functional groups attached to an aromatic ring is 1. The van der Waals surface area contributed by atoms with Crippen LogP contribution in [0.5, 0.6) is 0 Å². The highest BCUT2D eigenvalue weighted by atomic mass is 16.5. The van der Waals surface area contributed by atoms with E-state index in [4.69, 9.17) is 10.5 Å². The molecule has 1 heterocycles. The average Bonchev–Trinajstić information content (AvgIpc) is 3.13. The molecule has 18 heavy (non-hydrogen) atoms. The van der Waals surface area contributed by atoms with Crippen molar-refractivity contribution in [2.45, 2.75) is 19.8 Å². The van der Waals surface area contributed by atoms with E-state index in [2.05, 4.69) is 4.98 Å². The molecule has 1 aliphatic carbocycles. The van der Waals surface area contributed by atoms with Gasteiger partial charge in [0.2, 0.25) is 0 Å². The smallest absolute Gasteiger partial charge is 0.340 e. The van der Waals surface area contributed by atoms with Crippen LogP contribution in [0.25, 0.3) is 0 Å². The molecule has 1 aliphatic rings. The molecule has 1 fully saturated rings. The maximum absolute atomic E-state index is 11.7. The molecule has 0 aromatic carbocycles. The number of pyridine rings is 1. The Kier molecular flexibility index (Phi) is 3.69. The second-order valence-corrected chi connectivity index (χ2v) is 4.64. The summed E-state index contributed by atoms with van der Waals surface area (Å²) in [6, 6.07) is 1.60. The third kappa shape index (κ3) is 2.72. The van der Waals surface area contributed by atoms with Crippen LogP contribution < -0.4 is 10.6 Å². The summed E-state index contributed by atoms with van der Waals surface area (Å²) in [7, 11) is 1.95. The molecule has 2 N–H and O–H groups in total. The van der Waals surface area contributed by atoms with Gasteiger partial charge in [-0.1, -0.05) is 0 Å². The van der Waals surface area contributed by atoms with Crippen molar-refractivity contribution in [3.8, 4) is 0 Å². The van der Waals surface area contributed by atoms with Crippen LogP contribution in [0.3, 0.4) is 0 Å². The van der Waals surface area contributed by atoms with Gasteiger partial charge >= 0.3 is 5.97 Å². The average molecular weight is 249 g/mol. The maximum atomic E-state index is 11.7. The number of rotatable bonds is 5. The molecule has 0 aliphatic heterocycles. The van der Waals surface area contributed by atoms with E-state index in [1.54, 1.807) is 19.2 Å². The van der Waals surface area contributed by atoms with Gasteiger partial charge in [0.25, 0.3) is 0 Å². The predicted molar refractivity (Wildman–Crippen MR) is 70.6 cm³/mol. The van der Waals surface area contributed by atoms with E-state index in [1.165, 1.54) is 12.8 Å². The Labute approximate surface area is 107 Å². The molecule has 2 rings (SSSR count). The van der Waals surface area contributed by atoms with Crippen LogP contribution in [-0.2, 0) is 4.74 Å². The van der Waals surface area contributed by atoms with Crippen LogP contribution in [0.4, 0.5) is 11.5 Å². The lowest BCUT2D eigenvalue weighted by molar-refractivity contribution is 0.0527. The molecule has 1 aromatic heterocycles. The van der Waals surface area contributed by atoms with Gasteiger partial charge in [-0.15, -0.1) is 0 Å². The lowest BCUT2D eigenvalue weighted by atomic mass is 10.2. The molecule has 0 spiro atoms. The van der Waals surface area contributed by atoms with Crippen molar-refractivity contribution < 1.29 is 9.53 Å². The number of esters is 1. The summed E-state index contributed by atoms with van der Waals surface area (Å²) >= 11 is 0. The van der Waals surface area contributed by atoms with Crippen LogP contribution in [-0.4, -0.2) is 31.2 Å². The first-order valence-corrected chi connectivity index (χ1v) is 6.26. The van der Waals surface area contributed by atoms with Gasteiger partial charge < -0.3 is 15.4 Å². The molecular formula is C13H19N3O2. The molecule has 0 amide bonds. The van der Waals surface area contributed by atoms with Crippen molar-refractivity contribution in [1.29, 1.82) is 0 Å². The van der Waals surface area contributed by atoms with Gasteiger partial charge in [0.15, 0.2) is 5.82 Å². The fourth-order valence-electron chi connectivity index (χ4n) is 1.93. The van der Waals surface area contributed by atoms with Crippen LogP contribution in [0, 0.1) is 5.92 Å². The Morgan fingerprint density at radius 3 is 2.94 bits per heavy atom. The van der Waals surface area contributed by atoms with Crippen molar-refractivity contribution in [2.75, 3.05) is 30.8 Å². The van der Waals surface area contributed by atoms with Gasteiger partial charge in [0, 0.05) is 19.8 Å². The van der Waals surface area contributed by atoms with Crippen LogP contribution >= 0.6 is 0 Å². The van der Waals surface area contributed by atoms with Crippen molar-refractivity contribution in [2.24, 2.45) is 5.92 Å². The summed E-state index contributed by atoms with van der Waals surface area (Å²) < 4.78 is 4.97. The zero-order valence-corrected chi connectivity index (χ0v) is 10.8. The first-order chi connectivity index (χ1) is 8.63. The topological polar surface area (TPSA) is 68.5 Å². The molecular weight excluding hydrogens is 230 g/mol. The van der Waals surface area contributed by atoms with Gasteiger partial charge in [-0.25, -0.2) is 9.78 Å². The Morgan fingerprint density at radius 2 is 2.33 bits per heavy atom. The molecule has 0 radical (unpaired) electrons. The quantitative estimate of drug-likeness (QED) is 0.804. The summed E-state index contributed by atoms with van der Waals surface area (Å²) in [5, 5.41) is 0. The highest BCUT2D eigenvalue weighted by molar-refractivity contribution is 5.97. The zero-order valence-electron chi connectivity index (χ0n) is 10.8. The number of carbonyl (C=O) groups excluding carboxylic acids is 1. The third-order valence-corrected chi connectivity index (χ3v) is 3.05. The van der Waals surface area contributed by atoms with E-state index in [1.807, 2.05) is 11.9 Å². The molecule has 0 unspecified atom stereocenters. The van der Waals surface area contributed by atoms with Crippen LogP contribution in [0.15, 0.2) is 12.3 Å². The van der Waals surface area contributed by atoms with Gasteiger partial charge in [0.05, 0.1) is 17.9 Å². The molecule has 0 saturated heterocycles. The van der Waals surface area contributed by atoms with E-state index in [-0.39, 0.29) is 0 Å². The highest BCUT2D eigenvalue weighted by Gasteiger charge is 2.25. The van der Waals surface area contributed by atoms with Gasteiger partial charge in [0.1, 0.15) is 0 Å². The third-order valence-electron chi connectivity index (χ3n) is 3.05. The zero-order chi connectivity index (χ0) is 13.1. The normalized spacial score (nSPS) is 14.3. The van der Waals surface area contributed by atoms with E-state index in [0.717, 1.165) is 12.5 Å². The standard InChI is InChI=1S/C13H19N3O2/c1-3-18-13(17)10-6-7-15-12(11(10)14)16(2)8-9-4-5-9/h6-7,9H,3-5,8,14H2,1-2H3. The van der Waals surface area contributed by atoms with Crippen molar-refractivity contribution in [1.82, 2.24) is 4.98 Å². The first-order valence-electron chi connectivity index (χ1n) is 6.26. The molecule has 98 valence electrons. The molecule has 5 nitrogen and oxygen atoms in total. The van der Waals surface area contributed by atoms with Crippen LogP contribution in [0.2, 0.25) is 0 Å². The minimum absolute atomic E-state index is 0.341. The molecule has 0 atom stereocenters. The largest absolute Gasteiger partial charge is 0.462 e. The van der Waals surface area contributed by atoms with Crippen LogP contribution in [0.1, 0.15) is 30.1 Å². The second kappa shape index (κ2) is 5.25. The lowest BCUT2D eigenvalue weighted by Gasteiger charge is -2.20. The number of nitrogens with zero attached hydrogens (tertiary/aromatic N) is 2. The number of anilines is 2. The Bertz CT molecular complexity index is 444. The summed E-state index contributed by atoms with van der Waals surface area (Å²) in [6.45, 7) is 3.05. The molecule has 5 heteroatoms. The van der Waals surface area contributed by atoms with E-state index < -0.39 is 5.97 Å². The van der Waals surface area contributed by atoms with Crippen molar-refractivity contribution >= 4 is 17.5 Å². The Hall–Kier alpha value is -1.78. The number of aromatic nitrogens is 1. The van der Waals surface area contributed by atoms with Crippen molar-refractivity contribution in [3.05, 3.63) is 17.8 Å². The number of nitrogens with two attached hydrogens (primary N) is 1. The Morgan fingerprint density at radius 1 is 1.61 bits per heavy atom. The summed E-state index contributed by atoms with van der Waals surface area (Å²) in [5.41, 5.74) is 6.80. The highest BCUT2D eigenvalue weighted by Crippen LogP contribution is 2.32. The summed E-state index contributed by atoms with van der Waals surface area (Å²) in [6.07, 6.45) is 4.13. The summed E-state index contributed by atoms with van der Waals surface area (Å²) in [5.74, 6) is 1.01. The fourth-order valence-corrected chi connectivity index (χ4v) is 1.93.